The number of halogens is 10. The van der Waals surface area contributed by atoms with Crippen LogP contribution in [0, 0.1) is 0 Å². The molecule has 0 aliphatic heterocycles. The molecule has 0 aliphatic rings. The molecule has 0 fully saturated rings. The van der Waals surface area contributed by atoms with Gasteiger partial charge in [-0.15, -0.1) is 0 Å². The van der Waals surface area contributed by atoms with Gasteiger partial charge in [0.15, 0.2) is 21.7 Å². The Hall–Kier alpha value is 2.86. The van der Waals surface area contributed by atoms with E-state index in [0.717, 1.165) is 0 Å². The van der Waals surface area contributed by atoms with Crippen LogP contribution in [0.5, 0.6) is 0 Å². The van der Waals surface area contributed by atoms with E-state index in [1.54, 1.807) is 6.92 Å². The first kappa shape index (κ1) is 21.9. The Morgan fingerprint density at radius 1 is 0.632 bits per heavy atom. The highest BCUT2D eigenvalue weighted by Crippen LogP contribution is 2.65. The van der Waals surface area contributed by atoms with E-state index < -0.39 is 28.3 Å². The summed E-state index contributed by atoms with van der Waals surface area (Å²) in [5.74, 6) is 0. The van der Waals surface area contributed by atoms with Gasteiger partial charge < -0.3 is 5.11 Å². The van der Waals surface area contributed by atoms with Gasteiger partial charge in [-0.25, -0.2) is 0 Å². The van der Waals surface area contributed by atoms with E-state index in [2.05, 4.69) is 0 Å². The molecule has 0 aromatic carbocycles. The molecule has 0 aromatic heterocycles. The maximum Gasteiger partial charge on any atom is 0.189 e. The van der Waals surface area contributed by atoms with Crippen molar-refractivity contribution in [3.63, 3.8) is 0 Å². The molecule has 116 valence electrons. The van der Waals surface area contributed by atoms with E-state index in [1.165, 1.54) is 0 Å². The minimum Gasteiger partial charge on any atom is -0.393 e. The van der Waals surface area contributed by atoms with Gasteiger partial charge in [-0.05, 0) is 6.42 Å². The minimum absolute atomic E-state index is 0.0604. The van der Waals surface area contributed by atoms with Crippen LogP contribution < -0.4 is 0 Å². The average Bonchev–Trinajstić information content (AvgIpc) is 2.27. The number of hydrogen-bond acceptors (Lipinski definition) is 1. The molecule has 0 bridgehead atoms. The summed E-state index contributed by atoms with van der Waals surface area (Å²) in [7, 11) is 0. The summed E-state index contributed by atoms with van der Waals surface area (Å²) in [6.45, 7) is 0.700. The highest BCUT2D eigenvalue weighted by atomic mass is 35.6. The lowest BCUT2D eigenvalue weighted by Crippen LogP contribution is -2.63. The molecule has 1 nitrogen and oxygen atoms in total. The lowest BCUT2D eigenvalue weighted by molar-refractivity contribution is 0.262. The highest BCUT2D eigenvalue weighted by molar-refractivity contribution is 6.76. The normalized spacial score (nSPS) is 15.8. The molecule has 0 spiro atoms. The van der Waals surface area contributed by atoms with E-state index in [1.807, 2.05) is 0 Å². The fraction of sp³-hybridized carbons (Fsp3) is 1.00. The quantitative estimate of drug-likeness (QED) is 0.451. The van der Waals surface area contributed by atoms with Crippen LogP contribution in [-0.4, -0.2) is 33.4 Å². The van der Waals surface area contributed by atoms with E-state index in [-0.39, 0.29) is 6.42 Å². The molecule has 0 saturated carbocycles. The molecule has 0 radical (unpaired) electrons. The maximum atomic E-state index is 9.12. The number of rotatable bonds is 6. The summed E-state index contributed by atoms with van der Waals surface area (Å²) in [5, 5.41) is 9.12. The highest BCUT2D eigenvalue weighted by Gasteiger charge is 2.72. The molecule has 19 heavy (non-hydrogen) atoms. The topological polar surface area (TPSA) is 20.2 Å². The van der Waals surface area contributed by atoms with E-state index >= 15 is 0 Å². The smallest absolute Gasteiger partial charge is 0.189 e. The maximum absolute atomic E-state index is 9.12. The van der Waals surface area contributed by atoms with E-state index in [4.69, 9.17) is 121 Å². The summed E-state index contributed by atoms with van der Waals surface area (Å²) in [6.07, 6.45) is 0.0604. The Morgan fingerprint density at radius 3 is 1.21 bits per heavy atom. The van der Waals surface area contributed by atoms with Crippen molar-refractivity contribution in [3.05, 3.63) is 0 Å². The van der Waals surface area contributed by atoms with Gasteiger partial charge in [0.1, 0.15) is 0 Å². The van der Waals surface area contributed by atoms with Gasteiger partial charge in [0.2, 0.25) is 0 Å². The zero-order valence-corrected chi connectivity index (χ0v) is 16.7. The van der Waals surface area contributed by atoms with E-state index in [0.29, 0.717) is 0 Å². The third-order valence-electron chi connectivity index (χ3n) is 2.35. The zero-order valence-electron chi connectivity index (χ0n) is 9.14. The van der Waals surface area contributed by atoms with Crippen molar-refractivity contribution < 1.29 is 5.11 Å². The van der Waals surface area contributed by atoms with Crippen LogP contribution in [0.25, 0.3) is 0 Å². The van der Waals surface area contributed by atoms with Crippen LogP contribution in [0.3, 0.4) is 0 Å². The summed E-state index contributed by atoms with van der Waals surface area (Å²) in [6, 6.07) is 0. The first-order valence-electron chi connectivity index (χ1n) is 4.62. The van der Waals surface area contributed by atoms with Crippen LogP contribution in [-0.2, 0) is 0 Å². The number of aliphatic hydroxyl groups is 1. The number of hydrogen-bond donors (Lipinski definition) is 1. The van der Waals surface area contributed by atoms with Crippen molar-refractivity contribution in [1.29, 1.82) is 0 Å². The molecule has 0 amide bonds. The first-order chi connectivity index (χ1) is 8.12. The summed E-state index contributed by atoms with van der Waals surface area (Å²) < 4.78 is -11.1. The Morgan fingerprint density at radius 2 is 0.947 bits per heavy atom. The molecule has 0 heterocycles. The second kappa shape index (κ2) is 6.77. The van der Waals surface area contributed by atoms with Crippen molar-refractivity contribution in [1.82, 2.24) is 0 Å². The largest absolute Gasteiger partial charge is 0.393 e. The van der Waals surface area contributed by atoms with Crippen LogP contribution in [0.1, 0.15) is 13.3 Å². The van der Waals surface area contributed by atoms with Gasteiger partial charge in [0, 0.05) is 0 Å². The lowest BCUT2D eigenvalue weighted by atomic mass is 10.1. The van der Waals surface area contributed by atoms with Crippen molar-refractivity contribution >= 4 is 116 Å². The fourth-order valence-corrected chi connectivity index (χ4v) is 3.72. The van der Waals surface area contributed by atoms with Gasteiger partial charge in [-0.1, -0.05) is 123 Å². The Bertz CT molecular complexity index is 293. The van der Waals surface area contributed by atoms with Crippen LogP contribution in [0.2, 0.25) is 0 Å². The second-order valence-electron chi connectivity index (χ2n) is 3.64. The summed E-state index contributed by atoms with van der Waals surface area (Å²) in [5.41, 5.74) is 0. The monoisotopic (exact) mass is 470 g/mol. The molecule has 11 heteroatoms. The van der Waals surface area contributed by atoms with E-state index in [9.17, 15) is 0 Å². The number of aliphatic hydroxyl groups excluding tert-OH is 1. The van der Waals surface area contributed by atoms with Gasteiger partial charge in [-0.2, -0.15) is 0 Å². The third-order valence-corrected chi connectivity index (χ3v) is 9.36. The molecular formula is C8H8Cl10O. The number of alkyl halides is 10. The van der Waals surface area contributed by atoms with Crippen LogP contribution in [0.4, 0.5) is 0 Å². The molecule has 1 N–H and O–H groups in total. The van der Waals surface area contributed by atoms with Gasteiger partial charge in [-0.3, -0.25) is 0 Å². The molecule has 0 saturated heterocycles. The minimum atomic E-state index is -2.42. The third kappa shape index (κ3) is 3.69. The zero-order chi connectivity index (χ0) is 15.9. The summed E-state index contributed by atoms with van der Waals surface area (Å²) in [4.78, 5) is 0. The van der Waals surface area contributed by atoms with Crippen molar-refractivity contribution in [3.8, 4) is 0 Å². The SMILES string of the molecule is CCC(Cl)(Cl)C(Cl)(Cl)C(Cl)(Cl)C(Cl)(Cl)C(Cl)(Cl)CO. The Balaban J connectivity index is 5.86. The van der Waals surface area contributed by atoms with Crippen molar-refractivity contribution in [2.45, 2.75) is 35.0 Å². The van der Waals surface area contributed by atoms with Gasteiger partial charge in [0.05, 0.1) is 6.61 Å². The standard InChI is InChI=1S/C8H8Cl10O/c1-2-4(9,10)6(13,14)8(17,18)7(15,16)5(11,12)3-19/h19H,2-3H2,1H3. The molecule has 0 aromatic rings. The molecule has 0 aliphatic carbocycles. The van der Waals surface area contributed by atoms with Gasteiger partial charge >= 0.3 is 0 Å². The van der Waals surface area contributed by atoms with Crippen LogP contribution in [0.15, 0.2) is 0 Å². The van der Waals surface area contributed by atoms with Gasteiger partial charge in [0.25, 0.3) is 0 Å². The predicted octanol–water partition coefficient (Wildman–Crippen LogP) is 6.26. The lowest BCUT2D eigenvalue weighted by Gasteiger charge is -2.49. The molecule has 0 rings (SSSR count). The average molecular weight is 475 g/mol. The second-order valence-corrected chi connectivity index (χ2v) is 10.6. The first-order valence-corrected chi connectivity index (χ1v) is 8.40. The predicted molar refractivity (Wildman–Crippen MR) is 89.6 cm³/mol. The Labute approximate surface area is 161 Å². The Kier molecular flexibility index (Phi) is 7.79. The van der Waals surface area contributed by atoms with Crippen LogP contribution >= 0.6 is 116 Å². The molecular weight excluding hydrogens is 467 g/mol. The molecule has 0 unspecified atom stereocenters. The summed E-state index contributed by atoms with van der Waals surface area (Å²) >= 11 is 59.5. The molecule has 0 atom stereocenters. The van der Waals surface area contributed by atoms with Crippen molar-refractivity contribution in [2.24, 2.45) is 0 Å². The fourth-order valence-electron chi connectivity index (χ4n) is 0.978. The van der Waals surface area contributed by atoms with Crippen molar-refractivity contribution in [2.75, 3.05) is 6.61 Å².